The fourth-order valence-electron chi connectivity index (χ4n) is 4.41. The van der Waals surface area contributed by atoms with Gasteiger partial charge < -0.3 is 5.73 Å². The molecule has 1 aromatic rings. The lowest BCUT2D eigenvalue weighted by atomic mass is 9.77. The maximum atomic E-state index is 11.0. The van der Waals surface area contributed by atoms with Gasteiger partial charge in [-0.1, -0.05) is 44.5 Å². The molecule has 1 saturated carbocycles. The number of benzene rings is 1. The number of nitrogens with two attached hydrogens (primary N) is 1. The fraction of sp³-hybridized carbons (Fsp3) is 0.526. The first-order chi connectivity index (χ1) is 11.0. The van der Waals surface area contributed by atoms with E-state index in [1.165, 1.54) is 18.6 Å². The third-order valence-corrected chi connectivity index (χ3v) is 5.45. The zero-order valence-electron chi connectivity index (χ0n) is 14.1. The van der Waals surface area contributed by atoms with E-state index in [4.69, 9.17) is 5.73 Å². The molecule has 4 heteroatoms. The Balaban J connectivity index is 1.93. The van der Waals surface area contributed by atoms with Crippen molar-refractivity contribution in [1.29, 1.82) is 0 Å². The molecule has 23 heavy (non-hydrogen) atoms. The number of fused-ring (bicyclic) bond motifs is 1. The Kier molecular flexibility index (Phi) is 4.33. The second-order valence-corrected chi connectivity index (χ2v) is 7.00. The van der Waals surface area contributed by atoms with Crippen LogP contribution in [0.5, 0.6) is 0 Å². The minimum atomic E-state index is -0.302. The first-order valence-electron chi connectivity index (χ1n) is 8.51. The van der Waals surface area contributed by atoms with E-state index in [0.717, 1.165) is 16.8 Å². The van der Waals surface area contributed by atoms with Crippen molar-refractivity contribution in [3.63, 3.8) is 0 Å². The minimum absolute atomic E-state index is 0.282. The molecule has 0 spiro atoms. The van der Waals surface area contributed by atoms with Crippen LogP contribution < -0.4 is 5.73 Å². The number of carbonyl (C=O) groups is 1. The Morgan fingerprint density at radius 3 is 2.52 bits per heavy atom. The molecule has 4 nitrogen and oxygen atoms in total. The van der Waals surface area contributed by atoms with Gasteiger partial charge in [-0.15, -0.1) is 0 Å². The van der Waals surface area contributed by atoms with E-state index in [9.17, 15) is 4.79 Å². The normalized spacial score (nSPS) is 29.7. The molecule has 1 heterocycles. The lowest BCUT2D eigenvalue weighted by Crippen LogP contribution is -2.33. The summed E-state index contributed by atoms with van der Waals surface area (Å²) in [6, 6.07) is 8.06. The van der Waals surface area contributed by atoms with Gasteiger partial charge in [-0.25, -0.2) is 0 Å². The maximum absolute atomic E-state index is 11.0. The number of primary amides is 1. The summed E-state index contributed by atoms with van der Waals surface area (Å²) in [7, 11) is 0. The SMILES string of the molecule is CCC1CC(C)C2C(C)=NN=C(c3ccc(CC(N)=O)cc3)C12. The number of nitrogens with zero attached hydrogens (tertiary/aromatic N) is 2. The van der Waals surface area contributed by atoms with Gasteiger partial charge in [-0.3, -0.25) is 4.79 Å². The fourth-order valence-corrected chi connectivity index (χ4v) is 4.41. The van der Waals surface area contributed by atoms with Gasteiger partial charge in [-0.2, -0.15) is 10.2 Å². The highest BCUT2D eigenvalue weighted by molar-refractivity contribution is 6.07. The van der Waals surface area contributed by atoms with Crippen LogP contribution in [0.1, 0.15) is 44.7 Å². The molecule has 1 aromatic carbocycles. The van der Waals surface area contributed by atoms with Crippen LogP contribution in [0, 0.1) is 23.7 Å². The van der Waals surface area contributed by atoms with Gasteiger partial charge in [0.2, 0.25) is 5.91 Å². The van der Waals surface area contributed by atoms with Crippen LogP contribution in [-0.4, -0.2) is 17.3 Å². The molecular weight excluding hydrogens is 286 g/mol. The molecule has 3 rings (SSSR count). The highest BCUT2D eigenvalue weighted by Gasteiger charge is 2.46. The number of rotatable bonds is 4. The molecule has 4 unspecified atom stereocenters. The summed E-state index contributed by atoms with van der Waals surface area (Å²) in [4.78, 5) is 11.0. The molecule has 1 aliphatic carbocycles. The monoisotopic (exact) mass is 311 g/mol. The molecule has 0 bridgehead atoms. The van der Waals surface area contributed by atoms with Gasteiger partial charge in [0.25, 0.3) is 0 Å². The lowest BCUT2D eigenvalue weighted by Gasteiger charge is -2.29. The van der Waals surface area contributed by atoms with E-state index in [2.05, 4.69) is 43.1 Å². The first-order valence-corrected chi connectivity index (χ1v) is 8.51. The Labute approximate surface area is 137 Å². The molecule has 1 aliphatic heterocycles. The standard InChI is InChI=1S/C19H25N3O/c1-4-14-9-11(2)17-12(3)21-22-19(18(14)17)15-7-5-13(6-8-15)10-16(20)23/h5-8,11,14,17-18H,4,9-10H2,1-3H3,(H2,20,23). The Morgan fingerprint density at radius 2 is 1.91 bits per heavy atom. The third kappa shape index (κ3) is 2.94. The first kappa shape index (κ1) is 15.9. The average Bonchev–Trinajstić information content (AvgIpc) is 2.86. The molecule has 2 N–H and O–H groups in total. The van der Waals surface area contributed by atoms with Crippen LogP contribution >= 0.6 is 0 Å². The molecule has 0 saturated heterocycles. The predicted octanol–water partition coefficient (Wildman–Crippen LogP) is 3.19. The summed E-state index contributed by atoms with van der Waals surface area (Å²) in [5, 5.41) is 9.01. The van der Waals surface area contributed by atoms with Gasteiger partial charge in [0.1, 0.15) is 0 Å². The summed E-state index contributed by atoms with van der Waals surface area (Å²) < 4.78 is 0. The molecule has 2 aliphatic rings. The van der Waals surface area contributed by atoms with Gasteiger partial charge in [-0.05, 0) is 36.3 Å². The van der Waals surface area contributed by atoms with Gasteiger partial charge in [0, 0.05) is 17.5 Å². The molecule has 0 aromatic heterocycles. The quantitative estimate of drug-likeness (QED) is 0.911. The molecule has 122 valence electrons. The lowest BCUT2D eigenvalue weighted by molar-refractivity contribution is -0.117. The maximum Gasteiger partial charge on any atom is 0.221 e. The number of hydrogen-bond donors (Lipinski definition) is 1. The van der Waals surface area contributed by atoms with Crippen molar-refractivity contribution in [1.82, 2.24) is 0 Å². The van der Waals surface area contributed by atoms with Gasteiger partial charge in [0.05, 0.1) is 12.1 Å². The van der Waals surface area contributed by atoms with Crippen LogP contribution in [0.25, 0.3) is 0 Å². The van der Waals surface area contributed by atoms with E-state index < -0.39 is 0 Å². The molecule has 1 fully saturated rings. The predicted molar refractivity (Wildman–Crippen MR) is 93.5 cm³/mol. The number of amides is 1. The number of hydrogen-bond acceptors (Lipinski definition) is 3. The van der Waals surface area contributed by atoms with E-state index in [1.807, 2.05) is 12.1 Å². The van der Waals surface area contributed by atoms with E-state index in [0.29, 0.717) is 23.7 Å². The summed E-state index contributed by atoms with van der Waals surface area (Å²) in [6.45, 7) is 6.72. The van der Waals surface area contributed by atoms with Crippen molar-refractivity contribution < 1.29 is 4.79 Å². The second kappa shape index (κ2) is 6.26. The Morgan fingerprint density at radius 1 is 1.22 bits per heavy atom. The van der Waals surface area contributed by atoms with Crippen molar-refractivity contribution in [2.75, 3.05) is 0 Å². The topological polar surface area (TPSA) is 67.8 Å². The van der Waals surface area contributed by atoms with Crippen molar-refractivity contribution >= 4 is 17.3 Å². The highest BCUT2D eigenvalue weighted by atomic mass is 16.1. The highest BCUT2D eigenvalue weighted by Crippen LogP contribution is 2.47. The molecular formula is C19H25N3O. The number of carbonyl (C=O) groups excluding carboxylic acids is 1. The van der Waals surface area contributed by atoms with Crippen LogP contribution in [0.15, 0.2) is 34.5 Å². The molecule has 1 amide bonds. The third-order valence-electron chi connectivity index (χ3n) is 5.45. The van der Waals surface area contributed by atoms with Crippen molar-refractivity contribution in [2.45, 2.75) is 40.0 Å². The van der Waals surface area contributed by atoms with Crippen LogP contribution in [0.3, 0.4) is 0 Å². The second-order valence-electron chi connectivity index (χ2n) is 7.00. The minimum Gasteiger partial charge on any atom is -0.369 e. The zero-order chi connectivity index (χ0) is 16.6. The van der Waals surface area contributed by atoms with Gasteiger partial charge >= 0.3 is 0 Å². The average molecular weight is 311 g/mol. The molecule has 4 atom stereocenters. The van der Waals surface area contributed by atoms with Crippen LogP contribution in [-0.2, 0) is 11.2 Å². The zero-order valence-corrected chi connectivity index (χ0v) is 14.1. The van der Waals surface area contributed by atoms with Crippen molar-refractivity contribution in [3.8, 4) is 0 Å². The summed E-state index contributed by atoms with van der Waals surface area (Å²) in [6.07, 6.45) is 2.71. The summed E-state index contributed by atoms with van der Waals surface area (Å²) in [5.41, 5.74) is 9.62. The van der Waals surface area contributed by atoms with Crippen molar-refractivity contribution in [2.24, 2.45) is 39.6 Å². The van der Waals surface area contributed by atoms with Crippen LogP contribution in [0.2, 0.25) is 0 Å². The summed E-state index contributed by atoms with van der Waals surface area (Å²) >= 11 is 0. The Hall–Kier alpha value is -1.97. The molecule has 0 radical (unpaired) electrons. The Bertz CT molecular complexity index is 660. The van der Waals surface area contributed by atoms with Crippen LogP contribution in [0.4, 0.5) is 0 Å². The smallest absolute Gasteiger partial charge is 0.221 e. The van der Waals surface area contributed by atoms with Gasteiger partial charge in [0.15, 0.2) is 0 Å². The van der Waals surface area contributed by atoms with Crippen molar-refractivity contribution in [3.05, 3.63) is 35.4 Å². The largest absolute Gasteiger partial charge is 0.369 e. The van der Waals surface area contributed by atoms with E-state index in [-0.39, 0.29) is 12.3 Å². The van der Waals surface area contributed by atoms with E-state index >= 15 is 0 Å². The van der Waals surface area contributed by atoms with E-state index in [1.54, 1.807) is 0 Å². The summed E-state index contributed by atoms with van der Waals surface area (Å²) in [5.74, 6) is 2.01.